The molecule has 6 nitrogen and oxygen atoms in total. The fraction of sp³-hybridized carbons (Fsp3) is 0.682. The molecule has 158 valence electrons. The molecule has 1 aromatic rings. The number of hydrogen-bond donors (Lipinski definition) is 2. The number of piperazine rings is 1. The second-order valence-corrected chi connectivity index (χ2v) is 7.96. The lowest BCUT2D eigenvalue weighted by atomic mass is 10.1. The predicted molar refractivity (Wildman–Crippen MR) is 119 cm³/mol. The van der Waals surface area contributed by atoms with E-state index >= 15 is 0 Å². The van der Waals surface area contributed by atoms with Crippen molar-refractivity contribution in [2.75, 3.05) is 64.4 Å². The molecule has 0 saturated carbocycles. The number of benzene rings is 1. The maximum absolute atomic E-state index is 5.44. The SMILES string of the molecule is CCNC(=NCC(C)(C)OC)NCCCCN1CCN(c2ccccc2)CC1. The topological polar surface area (TPSA) is 52.1 Å². The average Bonchev–Trinajstić information content (AvgIpc) is 2.73. The van der Waals surface area contributed by atoms with Crippen molar-refractivity contribution in [1.29, 1.82) is 0 Å². The van der Waals surface area contributed by atoms with Crippen molar-refractivity contribution in [2.24, 2.45) is 4.99 Å². The first-order chi connectivity index (χ1) is 13.5. The first-order valence-corrected chi connectivity index (χ1v) is 10.6. The second-order valence-electron chi connectivity index (χ2n) is 7.96. The van der Waals surface area contributed by atoms with Crippen LogP contribution in [0.4, 0.5) is 5.69 Å². The molecule has 6 heteroatoms. The number of aliphatic imine (C=N–C) groups is 1. The minimum Gasteiger partial charge on any atom is -0.377 e. The summed E-state index contributed by atoms with van der Waals surface area (Å²) < 4.78 is 5.44. The monoisotopic (exact) mass is 389 g/mol. The molecule has 0 aromatic heterocycles. The van der Waals surface area contributed by atoms with Crippen LogP contribution in [0.25, 0.3) is 0 Å². The number of anilines is 1. The van der Waals surface area contributed by atoms with E-state index in [0.29, 0.717) is 6.54 Å². The lowest BCUT2D eigenvalue weighted by molar-refractivity contribution is 0.0310. The Kier molecular flexibility index (Phi) is 9.58. The van der Waals surface area contributed by atoms with E-state index in [1.807, 2.05) is 0 Å². The van der Waals surface area contributed by atoms with Crippen LogP contribution in [0, 0.1) is 0 Å². The number of nitrogens with zero attached hydrogens (tertiary/aromatic N) is 3. The maximum atomic E-state index is 5.44. The molecule has 0 spiro atoms. The van der Waals surface area contributed by atoms with Gasteiger partial charge in [0.25, 0.3) is 0 Å². The van der Waals surface area contributed by atoms with Crippen LogP contribution in [0.3, 0.4) is 0 Å². The number of methoxy groups -OCH3 is 1. The van der Waals surface area contributed by atoms with Gasteiger partial charge in [-0.2, -0.15) is 0 Å². The maximum Gasteiger partial charge on any atom is 0.191 e. The highest BCUT2D eigenvalue weighted by Crippen LogP contribution is 2.15. The molecule has 1 aliphatic heterocycles. The van der Waals surface area contributed by atoms with E-state index < -0.39 is 0 Å². The third kappa shape index (κ3) is 8.07. The quantitative estimate of drug-likeness (QED) is 0.366. The van der Waals surface area contributed by atoms with Crippen LogP contribution in [-0.2, 0) is 4.74 Å². The summed E-state index contributed by atoms with van der Waals surface area (Å²) in [7, 11) is 1.73. The molecule has 1 saturated heterocycles. The van der Waals surface area contributed by atoms with E-state index in [4.69, 9.17) is 4.74 Å². The highest BCUT2D eigenvalue weighted by molar-refractivity contribution is 5.79. The summed E-state index contributed by atoms with van der Waals surface area (Å²) in [6, 6.07) is 10.7. The highest BCUT2D eigenvalue weighted by atomic mass is 16.5. The summed E-state index contributed by atoms with van der Waals surface area (Å²) in [4.78, 5) is 9.70. The Bertz CT molecular complexity index is 568. The lowest BCUT2D eigenvalue weighted by Crippen LogP contribution is -2.46. The van der Waals surface area contributed by atoms with Gasteiger partial charge >= 0.3 is 0 Å². The molecule has 1 heterocycles. The summed E-state index contributed by atoms with van der Waals surface area (Å²) in [6.45, 7) is 14.4. The van der Waals surface area contributed by atoms with Gasteiger partial charge in [-0.05, 0) is 52.3 Å². The van der Waals surface area contributed by atoms with Crippen molar-refractivity contribution < 1.29 is 4.74 Å². The average molecular weight is 390 g/mol. The number of nitrogens with one attached hydrogen (secondary N) is 2. The van der Waals surface area contributed by atoms with Crippen LogP contribution in [-0.4, -0.2) is 75.9 Å². The molecular formula is C22H39N5O. The minimum absolute atomic E-state index is 0.232. The highest BCUT2D eigenvalue weighted by Gasteiger charge is 2.17. The van der Waals surface area contributed by atoms with Gasteiger partial charge in [-0.3, -0.25) is 9.89 Å². The summed E-state index contributed by atoms with van der Waals surface area (Å²) in [6.07, 6.45) is 2.36. The number of hydrogen-bond acceptors (Lipinski definition) is 4. The van der Waals surface area contributed by atoms with E-state index in [1.54, 1.807) is 7.11 Å². The fourth-order valence-corrected chi connectivity index (χ4v) is 3.21. The number of guanidine groups is 1. The lowest BCUT2D eigenvalue weighted by Gasteiger charge is -2.36. The van der Waals surface area contributed by atoms with E-state index in [-0.39, 0.29) is 5.60 Å². The van der Waals surface area contributed by atoms with Gasteiger partial charge in [0.1, 0.15) is 0 Å². The molecule has 0 atom stereocenters. The van der Waals surface area contributed by atoms with Gasteiger partial charge in [-0.25, -0.2) is 0 Å². The number of unbranched alkanes of at least 4 members (excludes halogenated alkanes) is 1. The van der Waals surface area contributed by atoms with Crippen LogP contribution < -0.4 is 15.5 Å². The molecule has 1 fully saturated rings. The zero-order valence-electron chi connectivity index (χ0n) is 18.2. The Balaban J connectivity index is 1.61. The molecule has 1 aliphatic rings. The van der Waals surface area contributed by atoms with Crippen molar-refractivity contribution in [3.05, 3.63) is 30.3 Å². The Morgan fingerprint density at radius 3 is 2.43 bits per heavy atom. The second kappa shape index (κ2) is 11.9. The third-order valence-corrected chi connectivity index (χ3v) is 5.20. The summed E-state index contributed by atoms with van der Waals surface area (Å²) in [5.41, 5.74) is 1.11. The van der Waals surface area contributed by atoms with Crippen LogP contribution in [0.5, 0.6) is 0 Å². The zero-order valence-corrected chi connectivity index (χ0v) is 18.2. The fourth-order valence-electron chi connectivity index (χ4n) is 3.21. The van der Waals surface area contributed by atoms with Crippen LogP contribution >= 0.6 is 0 Å². The molecule has 0 bridgehead atoms. The molecule has 0 radical (unpaired) electrons. The molecule has 0 unspecified atom stereocenters. The van der Waals surface area contributed by atoms with Gasteiger partial charge in [0.05, 0.1) is 12.1 Å². The van der Waals surface area contributed by atoms with E-state index in [1.165, 1.54) is 18.7 Å². The standard InChI is InChI=1S/C22H39N5O/c1-5-23-21(25-19-22(2,3)28-4)24-13-9-10-14-26-15-17-27(18-16-26)20-11-7-6-8-12-20/h6-8,11-12H,5,9-10,13-19H2,1-4H3,(H2,23,24,25). The first-order valence-electron chi connectivity index (χ1n) is 10.6. The van der Waals surface area contributed by atoms with Gasteiger partial charge in [-0.1, -0.05) is 18.2 Å². The van der Waals surface area contributed by atoms with Gasteiger partial charge in [0.2, 0.25) is 0 Å². The largest absolute Gasteiger partial charge is 0.377 e. The third-order valence-electron chi connectivity index (χ3n) is 5.20. The molecule has 0 amide bonds. The van der Waals surface area contributed by atoms with E-state index in [2.05, 4.69) is 76.5 Å². The van der Waals surface area contributed by atoms with Gasteiger partial charge in [0, 0.05) is 52.1 Å². The molecule has 2 N–H and O–H groups in total. The van der Waals surface area contributed by atoms with Crippen molar-refractivity contribution in [3.63, 3.8) is 0 Å². The zero-order chi connectivity index (χ0) is 20.2. The number of para-hydroxylation sites is 1. The number of ether oxygens (including phenoxy) is 1. The molecular weight excluding hydrogens is 350 g/mol. The summed E-state index contributed by atoms with van der Waals surface area (Å²) in [5.74, 6) is 0.879. The van der Waals surface area contributed by atoms with Crippen LogP contribution in [0.2, 0.25) is 0 Å². The first kappa shape index (κ1) is 22.5. The predicted octanol–water partition coefficient (Wildman–Crippen LogP) is 2.57. The van der Waals surface area contributed by atoms with Crippen molar-refractivity contribution in [2.45, 2.75) is 39.2 Å². The number of rotatable bonds is 10. The Hall–Kier alpha value is -1.79. The summed E-state index contributed by atoms with van der Waals surface area (Å²) in [5, 5.41) is 6.75. The smallest absolute Gasteiger partial charge is 0.191 e. The summed E-state index contributed by atoms with van der Waals surface area (Å²) >= 11 is 0. The Morgan fingerprint density at radius 1 is 1.07 bits per heavy atom. The Morgan fingerprint density at radius 2 is 1.79 bits per heavy atom. The van der Waals surface area contributed by atoms with Crippen LogP contribution in [0.15, 0.2) is 35.3 Å². The van der Waals surface area contributed by atoms with Crippen molar-refractivity contribution in [1.82, 2.24) is 15.5 Å². The Labute approximate surface area is 171 Å². The molecule has 0 aliphatic carbocycles. The molecule has 2 rings (SSSR count). The van der Waals surface area contributed by atoms with Gasteiger partial charge in [0.15, 0.2) is 5.96 Å². The normalized spacial score (nSPS) is 16.3. The van der Waals surface area contributed by atoms with Crippen molar-refractivity contribution >= 4 is 11.6 Å². The van der Waals surface area contributed by atoms with Crippen molar-refractivity contribution in [3.8, 4) is 0 Å². The van der Waals surface area contributed by atoms with Crippen LogP contribution in [0.1, 0.15) is 33.6 Å². The molecule has 28 heavy (non-hydrogen) atoms. The molecule has 1 aromatic carbocycles. The van der Waals surface area contributed by atoms with E-state index in [9.17, 15) is 0 Å². The van der Waals surface area contributed by atoms with Gasteiger partial charge in [-0.15, -0.1) is 0 Å². The minimum atomic E-state index is -0.232. The van der Waals surface area contributed by atoms with E-state index in [0.717, 1.165) is 51.6 Å². The van der Waals surface area contributed by atoms with Gasteiger partial charge < -0.3 is 20.3 Å².